The second-order valence-corrected chi connectivity index (χ2v) is 5.30. The fourth-order valence-electron chi connectivity index (χ4n) is 2.84. The second kappa shape index (κ2) is 4.97. The van der Waals surface area contributed by atoms with E-state index in [1.54, 1.807) is 0 Å². The first-order valence-electron chi connectivity index (χ1n) is 6.51. The lowest BCUT2D eigenvalue weighted by molar-refractivity contribution is 0.0590. The van der Waals surface area contributed by atoms with Gasteiger partial charge in [0.25, 0.3) is 0 Å². The maximum Gasteiger partial charge on any atom is 0.246 e. The van der Waals surface area contributed by atoms with Crippen LogP contribution < -0.4 is 4.90 Å². The van der Waals surface area contributed by atoms with E-state index in [1.165, 1.54) is 6.42 Å². The van der Waals surface area contributed by atoms with Gasteiger partial charge in [0, 0.05) is 13.2 Å². The third kappa shape index (κ3) is 2.17. The fourth-order valence-corrected chi connectivity index (χ4v) is 2.92. The molecular weight excluding hydrogens is 252 g/mol. The number of hydrogen-bond acceptors (Lipinski definition) is 5. The van der Waals surface area contributed by atoms with Gasteiger partial charge in [-0.05, 0) is 32.6 Å². The molecule has 18 heavy (non-hydrogen) atoms. The topological polar surface area (TPSA) is 51.1 Å². The first kappa shape index (κ1) is 12.1. The van der Waals surface area contributed by atoms with Crippen LogP contribution in [-0.2, 0) is 4.74 Å². The van der Waals surface area contributed by atoms with E-state index < -0.39 is 0 Å². The maximum atomic E-state index is 5.89. The first-order chi connectivity index (χ1) is 8.75. The monoisotopic (exact) mass is 268 g/mol. The summed E-state index contributed by atoms with van der Waals surface area (Å²) in [7, 11) is 0. The third-order valence-corrected chi connectivity index (χ3v) is 4.09. The van der Waals surface area contributed by atoms with Gasteiger partial charge in [0.15, 0.2) is 5.15 Å². The zero-order chi connectivity index (χ0) is 12.5. The van der Waals surface area contributed by atoms with Crippen molar-refractivity contribution in [1.82, 2.24) is 15.2 Å². The van der Waals surface area contributed by atoms with Crippen LogP contribution in [0.25, 0.3) is 0 Å². The summed E-state index contributed by atoms with van der Waals surface area (Å²) in [6.45, 7) is 3.63. The third-order valence-electron chi connectivity index (χ3n) is 3.74. The maximum absolute atomic E-state index is 5.89. The zero-order valence-electron chi connectivity index (χ0n) is 10.5. The number of fused-ring (bicyclic) bond motifs is 1. The standard InChI is InChI=1S/C12H17ClN4O/c1-8-11(13)15-16-12(14-8)17-6-3-7-18-10-5-2-4-9(10)17/h9-10H,2-7H2,1H3/t9-,10-/m1/s1. The van der Waals surface area contributed by atoms with E-state index in [-0.39, 0.29) is 0 Å². The Kier molecular flexibility index (Phi) is 3.35. The molecule has 0 amide bonds. The van der Waals surface area contributed by atoms with Gasteiger partial charge < -0.3 is 9.64 Å². The van der Waals surface area contributed by atoms with Gasteiger partial charge in [0.05, 0.1) is 17.8 Å². The van der Waals surface area contributed by atoms with E-state index in [4.69, 9.17) is 16.3 Å². The Morgan fingerprint density at radius 1 is 1.28 bits per heavy atom. The molecule has 0 unspecified atom stereocenters. The average Bonchev–Trinajstić information content (AvgIpc) is 2.73. The molecular formula is C12H17ClN4O. The molecule has 1 aliphatic carbocycles. The zero-order valence-corrected chi connectivity index (χ0v) is 11.2. The number of aryl methyl sites for hydroxylation is 1. The highest BCUT2D eigenvalue weighted by molar-refractivity contribution is 6.29. The molecule has 0 radical (unpaired) electrons. The number of rotatable bonds is 1. The summed E-state index contributed by atoms with van der Waals surface area (Å²) >= 11 is 5.88. The van der Waals surface area contributed by atoms with Gasteiger partial charge >= 0.3 is 0 Å². The van der Waals surface area contributed by atoms with Gasteiger partial charge in [-0.2, -0.15) is 0 Å². The van der Waals surface area contributed by atoms with Crippen molar-refractivity contribution in [2.24, 2.45) is 0 Å². The molecule has 0 bridgehead atoms. The largest absolute Gasteiger partial charge is 0.376 e. The number of aromatic nitrogens is 3. The van der Waals surface area contributed by atoms with Crippen LogP contribution in [0.15, 0.2) is 0 Å². The molecule has 5 nitrogen and oxygen atoms in total. The predicted molar refractivity (Wildman–Crippen MR) is 68.9 cm³/mol. The van der Waals surface area contributed by atoms with Crippen molar-refractivity contribution in [3.63, 3.8) is 0 Å². The van der Waals surface area contributed by atoms with Crippen LogP contribution in [0.3, 0.4) is 0 Å². The molecule has 6 heteroatoms. The van der Waals surface area contributed by atoms with Gasteiger partial charge in [-0.15, -0.1) is 10.2 Å². The molecule has 1 saturated heterocycles. The molecule has 1 saturated carbocycles. The Morgan fingerprint density at radius 3 is 3.00 bits per heavy atom. The molecule has 1 aromatic rings. The minimum Gasteiger partial charge on any atom is -0.376 e. The van der Waals surface area contributed by atoms with E-state index in [2.05, 4.69) is 20.1 Å². The average molecular weight is 269 g/mol. The summed E-state index contributed by atoms with van der Waals surface area (Å²) in [5.74, 6) is 0.694. The summed E-state index contributed by atoms with van der Waals surface area (Å²) in [4.78, 5) is 6.71. The second-order valence-electron chi connectivity index (χ2n) is 4.94. The SMILES string of the molecule is Cc1nc(N2CCCO[C@@H]3CCC[C@H]32)nnc1Cl. The number of hydrogen-bond donors (Lipinski definition) is 0. The van der Waals surface area contributed by atoms with E-state index >= 15 is 0 Å². The van der Waals surface area contributed by atoms with Crippen LogP contribution in [0.5, 0.6) is 0 Å². The highest BCUT2D eigenvalue weighted by Crippen LogP contribution is 2.31. The lowest BCUT2D eigenvalue weighted by atomic mass is 10.2. The Morgan fingerprint density at radius 2 is 2.17 bits per heavy atom. The Labute approximate surface area is 112 Å². The van der Waals surface area contributed by atoms with Crippen LogP contribution in [0.4, 0.5) is 5.95 Å². The first-order valence-corrected chi connectivity index (χ1v) is 6.88. The minimum atomic E-state index is 0.326. The predicted octanol–water partition coefficient (Wildman–Crippen LogP) is 1.98. The van der Waals surface area contributed by atoms with Crippen molar-refractivity contribution in [1.29, 1.82) is 0 Å². The van der Waals surface area contributed by atoms with E-state index in [1.807, 2.05) is 6.92 Å². The molecule has 0 spiro atoms. The summed E-state index contributed by atoms with van der Waals surface area (Å²) in [6, 6.07) is 0.398. The van der Waals surface area contributed by atoms with Crippen molar-refractivity contribution in [3.8, 4) is 0 Å². The van der Waals surface area contributed by atoms with E-state index in [9.17, 15) is 0 Å². The number of halogens is 1. The summed E-state index contributed by atoms with van der Waals surface area (Å²) in [5, 5.41) is 8.49. The van der Waals surface area contributed by atoms with Crippen LogP contribution >= 0.6 is 11.6 Å². The molecule has 2 atom stereocenters. The highest BCUT2D eigenvalue weighted by Gasteiger charge is 2.36. The van der Waals surface area contributed by atoms with Crippen LogP contribution in [0.1, 0.15) is 31.4 Å². The van der Waals surface area contributed by atoms with Gasteiger partial charge in [0.2, 0.25) is 5.95 Å². The van der Waals surface area contributed by atoms with Gasteiger partial charge in [-0.1, -0.05) is 11.6 Å². The molecule has 3 rings (SSSR count). The Bertz CT molecular complexity index is 442. The summed E-state index contributed by atoms with van der Waals surface area (Å²) in [5.41, 5.74) is 0.737. The molecule has 1 aliphatic heterocycles. The Hall–Kier alpha value is -0.940. The number of nitrogens with zero attached hydrogens (tertiary/aromatic N) is 4. The minimum absolute atomic E-state index is 0.326. The lowest BCUT2D eigenvalue weighted by Crippen LogP contribution is -2.41. The smallest absolute Gasteiger partial charge is 0.246 e. The molecule has 2 aliphatic rings. The van der Waals surface area contributed by atoms with Gasteiger partial charge in [-0.3, -0.25) is 0 Å². The molecule has 0 aromatic carbocycles. The molecule has 1 aromatic heterocycles. The molecule has 2 heterocycles. The van der Waals surface area contributed by atoms with Crippen LogP contribution in [0, 0.1) is 6.92 Å². The molecule has 2 fully saturated rings. The highest BCUT2D eigenvalue weighted by atomic mass is 35.5. The van der Waals surface area contributed by atoms with Gasteiger partial charge in [-0.25, -0.2) is 4.98 Å². The van der Waals surface area contributed by atoms with Crippen molar-refractivity contribution in [2.45, 2.75) is 44.8 Å². The molecule has 0 N–H and O–H groups in total. The summed E-state index contributed by atoms with van der Waals surface area (Å²) < 4.78 is 5.89. The van der Waals surface area contributed by atoms with Gasteiger partial charge in [0.1, 0.15) is 0 Å². The summed E-state index contributed by atoms with van der Waals surface area (Å²) in [6.07, 6.45) is 4.84. The normalized spacial score (nSPS) is 28.0. The van der Waals surface area contributed by atoms with Crippen molar-refractivity contribution in [3.05, 3.63) is 10.8 Å². The van der Waals surface area contributed by atoms with Crippen LogP contribution in [-0.4, -0.2) is 40.5 Å². The van der Waals surface area contributed by atoms with Crippen molar-refractivity contribution < 1.29 is 4.74 Å². The van der Waals surface area contributed by atoms with Crippen LogP contribution in [0.2, 0.25) is 5.15 Å². The quantitative estimate of drug-likeness (QED) is 0.780. The van der Waals surface area contributed by atoms with Crippen molar-refractivity contribution in [2.75, 3.05) is 18.1 Å². The lowest BCUT2D eigenvalue weighted by Gasteiger charge is -2.29. The van der Waals surface area contributed by atoms with E-state index in [0.29, 0.717) is 23.2 Å². The van der Waals surface area contributed by atoms with Crippen molar-refractivity contribution >= 4 is 17.5 Å². The Balaban J connectivity index is 1.90. The van der Waals surface area contributed by atoms with E-state index in [0.717, 1.165) is 38.1 Å². The number of ether oxygens (including phenoxy) is 1. The number of anilines is 1. The fraction of sp³-hybridized carbons (Fsp3) is 0.750. The molecule has 98 valence electrons.